The highest BCUT2D eigenvalue weighted by atomic mass is 79.9. The van der Waals surface area contributed by atoms with Crippen LogP contribution in [0.15, 0.2) is 21.2 Å². The fourth-order valence-electron chi connectivity index (χ4n) is 2.48. The third kappa shape index (κ3) is 3.44. The highest BCUT2D eigenvalue weighted by Gasteiger charge is 2.19. The molecular formula is C13H18Br2N2. The minimum Gasteiger partial charge on any atom is -0.356 e. The monoisotopic (exact) mass is 360 g/mol. The predicted molar refractivity (Wildman–Crippen MR) is 79.5 cm³/mol. The first kappa shape index (κ1) is 13.3. The number of anilines is 1. The number of aromatic nitrogens is 1. The molecule has 94 valence electrons. The number of pyridine rings is 1. The predicted octanol–water partition coefficient (Wildman–Crippen LogP) is 4.77. The van der Waals surface area contributed by atoms with Crippen molar-refractivity contribution < 1.29 is 0 Å². The van der Waals surface area contributed by atoms with Crippen molar-refractivity contribution in [2.24, 2.45) is 0 Å². The van der Waals surface area contributed by atoms with Crippen molar-refractivity contribution in [1.29, 1.82) is 0 Å². The SMILES string of the molecule is CN(c1ncc(Br)cc1Br)C1CCCCCC1. The summed E-state index contributed by atoms with van der Waals surface area (Å²) in [7, 11) is 2.16. The molecule has 1 fully saturated rings. The van der Waals surface area contributed by atoms with E-state index in [1.165, 1.54) is 38.5 Å². The van der Waals surface area contributed by atoms with E-state index in [0.29, 0.717) is 6.04 Å². The summed E-state index contributed by atoms with van der Waals surface area (Å²) in [6.07, 6.45) is 9.93. The summed E-state index contributed by atoms with van der Waals surface area (Å²) in [5.41, 5.74) is 0. The van der Waals surface area contributed by atoms with Crippen LogP contribution in [0.25, 0.3) is 0 Å². The van der Waals surface area contributed by atoms with E-state index in [-0.39, 0.29) is 0 Å². The fraction of sp³-hybridized carbons (Fsp3) is 0.615. The van der Waals surface area contributed by atoms with E-state index >= 15 is 0 Å². The summed E-state index contributed by atoms with van der Waals surface area (Å²) >= 11 is 7.04. The van der Waals surface area contributed by atoms with Crippen molar-refractivity contribution in [1.82, 2.24) is 4.98 Å². The van der Waals surface area contributed by atoms with Crippen molar-refractivity contribution in [3.8, 4) is 0 Å². The second-order valence-electron chi connectivity index (χ2n) is 4.72. The molecule has 1 aromatic heterocycles. The van der Waals surface area contributed by atoms with E-state index in [1.54, 1.807) is 0 Å². The Morgan fingerprint density at radius 2 is 1.82 bits per heavy atom. The normalized spacial score (nSPS) is 17.8. The van der Waals surface area contributed by atoms with Crippen LogP contribution in [-0.2, 0) is 0 Å². The van der Waals surface area contributed by atoms with E-state index in [4.69, 9.17) is 0 Å². The van der Waals surface area contributed by atoms with Gasteiger partial charge >= 0.3 is 0 Å². The van der Waals surface area contributed by atoms with Crippen LogP contribution in [0.3, 0.4) is 0 Å². The molecule has 0 radical (unpaired) electrons. The standard InChI is InChI=1S/C13H18Br2N2/c1-17(11-6-4-2-3-5-7-11)13-12(15)8-10(14)9-16-13/h8-9,11H,2-7H2,1H3. The lowest BCUT2D eigenvalue weighted by Crippen LogP contribution is -2.32. The van der Waals surface area contributed by atoms with Gasteiger partial charge in [-0.2, -0.15) is 0 Å². The van der Waals surface area contributed by atoms with E-state index in [1.807, 2.05) is 6.20 Å². The van der Waals surface area contributed by atoms with Crippen LogP contribution < -0.4 is 4.90 Å². The second kappa shape index (κ2) is 6.19. The van der Waals surface area contributed by atoms with Crippen LogP contribution in [0.2, 0.25) is 0 Å². The van der Waals surface area contributed by atoms with Crippen molar-refractivity contribution in [2.45, 2.75) is 44.6 Å². The molecule has 17 heavy (non-hydrogen) atoms. The number of nitrogens with zero attached hydrogens (tertiary/aromatic N) is 2. The molecule has 0 saturated heterocycles. The number of hydrogen-bond donors (Lipinski definition) is 0. The van der Waals surface area contributed by atoms with E-state index < -0.39 is 0 Å². The van der Waals surface area contributed by atoms with Crippen molar-refractivity contribution >= 4 is 37.7 Å². The summed E-state index contributed by atoms with van der Waals surface area (Å²) in [6.45, 7) is 0. The zero-order valence-electron chi connectivity index (χ0n) is 10.1. The highest BCUT2D eigenvalue weighted by Crippen LogP contribution is 2.30. The van der Waals surface area contributed by atoms with E-state index in [2.05, 4.69) is 54.9 Å². The van der Waals surface area contributed by atoms with Crippen LogP contribution in [0, 0.1) is 0 Å². The quantitative estimate of drug-likeness (QED) is 0.705. The second-order valence-corrected chi connectivity index (χ2v) is 6.49. The molecule has 0 spiro atoms. The van der Waals surface area contributed by atoms with Crippen LogP contribution in [-0.4, -0.2) is 18.1 Å². The molecule has 1 heterocycles. The molecule has 0 bridgehead atoms. The Morgan fingerprint density at radius 3 is 2.41 bits per heavy atom. The van der Waals surface area contributed by atoms with E-state index in [0.717, 1.165) is 14.8 Å². The first-order valence-electron chi connectivity index (χ1n) is 6.22. The molecular weight excluding hydrogens is 344 g/mol. The molecule has 1 saturated carbocycles. The summed E-state index contributed by atoms with van der Waals surface area (Å²) in [6, 6.07) is 2.71. The Kier molecular flexibility index (Phi) is 4.86. The Labute approximate surface area is 120 Å². The lowest BCUT2D eigenvalue weighted by molar-refractivity contribution is 0.548. The van der Waals surface area contributed by atoms with Gasteiger partial charge in [-0.25, -0.2) is 4.98 Å². The van der Waals surface area contributed by atoms with Crippen molar-refractivity contribution in [2.75, 3.05) is 11.9 Å². The van der Waals surface area contributed by atoms with Crippen LogP contribution in [0.4, 0.5) is 5.82 Å². The number of halogens is 2. The van der Waals surface area contributed by atoms with Gasteiger partial charge in [-0.15, -0.1) is 0 Å². The lowest BCUT2D eigenvalue weighted by atomic mass is 10.1. The van der Waals surface area contributed by atoms with Gasteiger partial charge in [-0.1, -0.05) is 25.7 Å². The van der Waals surface area contributed by atoms with Gasteiger partial charge in [0.2, 0.25) is 0 Å². The first-order chi connectivity index (χ1) is 8.18. The molecule has 2 nitrogen and oxygen atoms in total. The average Bonchev–Trinajstić information content (AvgIpc) is 2.56. The maximum atomic E-state index is 4.52. The highest BCUT2D eigenvalue weighted by molar-refractivity contribution is 9.11. The first-order valence-corrected chi connectivity index (χ1v) is 7.81. The van der Waals surface area contributed by atoms with Gasteiger partial charge in [0.15, 0.2) is 0 Å². The van der Waals surface area contributed by atoms with Gasteiger partial charge in [0.05, 0.1) is 4.47 Å². The molecule has 0 aliphatic heterocycles. The molecule has 1 aromatic rings. The molecule has 1 aliphatic rings. The van der Waals surface area contributed by atoms with Crippen LogP contribution in [0.5, 0.6) is 0 Å². The van der Waals surface area contributed by atoms with Gasteiger partial charge in [-0.05, 0) is 50.8 Å². The Bertz CT molecular complexity index is 374. The molecule has 0 unspecified atom stereocenters. The van der Waals surface area contributed by atoms with Gasteiger partial charge in [0.25, 0.3) is 0 Å². The summed E-state index contributed by atoms with van der Waals surface area (Å²) < 4.78 is 2.08. The molecule has 1 aliphatic carbocycles. The molecule has 0 atom stereocenters. The molecule has 2 rings (SSSR count). The molecule has 0 amide bonds. The zero-order valence-corrected chi connectivity index (χ0v) is 13.3. The maximum Gasteiger partial charge on any atom is 0.142 e. The summed E-state index contributed by atoms with van der Waals surface area (Å²) in [5.74, 6) is 1.06. The Morgan fingerprint density at radius 1 is 1.18 bits per heavy atom. The minimum atomic E-state index is 0.641. The third-order valence-electron chi connectivity index (χ3n) is 3.49. The molecule has 0 N–H and O–H groups in total. The number of rotatable bonds is 2. The van der Waals surface area contributed by atoms with Crippen LogP contribution in [0.1, 0.15) is 38.5 Å². The summed E-state index contributed by atoms with van der Waals surface area (Å²) in [4.78, 5) is 6.85. The smallest absolute Gasteiger partial charge is 0.142 e. The Hall–Kier alpha value is -0.0900. The fourth-order valence-corrected chi connectivity index (χ4v) is 3.75. The Balaban J connectivity index is 2.14. The van der Waals surface area contributed by atoms with Crippen molar-refractivity contribution in [3.63, 3.8) is 0 Å². The van der Waals surface area contributed by atoms with Gasteiger partial charge in [-0.3, -0.25) is 0 Å². The van der Waals surface area contributed by atoms with Crippen LogP contribution >= 0.6 is 31.9 Å². The van der Waals surface area contributed by atoms with Gasteiger partial charge in [0, 0.05) is 23.8 Å². The molecule has 4 heteroatoms. The van der Waals surface area contributed by atoms with Gasteiger partial charge < -0.3 is 4.90 Å². The minimum absolute atomic E-state index is 0.641. The maximum absolute atomic E-state index is 4.52. The topological polar surface area (TPSA) is 16.1 Å². The third-order valence-corrected chi connectivity index (χ3v) is 4.51. The van der Waals surface area contributed by atoms with E-state index in [9.17, 15) is 0 Å². The zero-order chi connectivity index (χ0) is 12.3. The van der Waals surface area contributed by atoms with Crippen molar-refractivity contribution in [3.05, 3.63) is 21.2 Å². The largest absolute Gasteiger partial charge is 0.356 e. The average molecular weight is 362 g/mol. The summed E-state index contributed by atoms with van der Waals surface area (Å²) in [5, 5.41) is 0. The lowest BCUT2D eigenvalue weighted by Gasteiger charge is -2.29. The molecule has 0 aromatic carbocycles. The number of hydrogen-bond acceptors (Lipinski definition) is 2. The van der Waals surface area contributed by atoms with Gasteiger partial charge in [0.1, 0.15) is 5.82 Å².